The molecule has 0 aromatic carbocycles. The van der Waals surface area contributed by atoms with Crippen molar-refractivity contribution in [1.82, 2.24) is 13.7 Å². The van der Waals surface area contributed by atoms with Crippen LogP contribution < -0.4 is 28.4 Å². The van der Waals surface area contributed by atoms with E-state index < -0.39 is 7.82 Å². The molecule has 0 saturated heterocycles. The van der Waals surface area contributed by atoms with Gasteiger partial charge in [-0.15, -0.1) is 0 Å². The van der Waals surface area contributed by atoms with Gasteiger partial charge in [0.15, 0.2) is 0 Å². The third kappa shape index (κ3) is 17.4. The van der Waals surface area contributed by atoms with Crippen LogP contribution in [0.5, 0.6) is 0 Å². The first-order valence-corrected chi connectivity index (χ1v) is 12.2. The van der Waals surface area contributed by atoms with Crippen LogP contribution in [-0.4, -0.2) is 13.7 Å². The Morgan fingerprint density at radius 2 is 0.844 bits per heavy atom. The molecule has 0 aliphatic carbocycles. The second kappa shape index (κ2) is 16.4. The van der Waals surface area contributed by atoms with Gasteiger partial charge in [-0.25, -0.2) is 27.4 Å². The summed E-state index contributed by atoms with van der Waals surface area (Å²) in [4.78, 5) is 25.6. The molecular formula is C21H39N6O4P. The average Bonchev–Trinajstić information content (AvgIpc) is 3.39. The van der Waals surface area contributed by atoms with Crippen molar-refractivity contribution in [2.75, 3.05) is 0 Å². The van der Waals surface area contributed by atoms with Gasteiger partial charge in [0.2, 0.25) is 19.0 Å². The fraction of sp³-hybridized carbons (Fsp3) is 0.571. The lowest BCUT2D eigenvalue weighted by Gasteiger charge is -2.36. The van der Waals surface area contributed by atoms with Crippen molar-refractivity contribution in [3.63, 3.8) is 0 Å². The molecule has 0 N–H and O–H groups in total. The van der Waals surface area contributed by atoms with Gasteiger partial charge >= 0.3 is 0 Å². The normalized spacial score (nSPS) is 10.3. The van der Waals surface area contributed by atoms with E-state index in [0.29, 0.717) is 0 Å². The molecule has 0 atom stereocenters. The van der Waals surface area contributed by atoms with Gasteiger partial charge in [-0.2, -0.15) is 7.82 Å². The van der Waals surface area contributed by atoms with E-state index in [2.05, 4.69) is 104 Å². The van der Waals surface area contributed by atoms with E-state index in [4.69, 9.17) is 19.2 Å². The molecule has 3 rings (SSSR count). The number of rotatable bonds is 6. The maximum atomic E-state index is 8.55. The van der Waals surface area contributed by atoms with E-state index >= 15 is 0 Å². The molecule has 0 unspecified atom stereocenters. The van der Waals surface area contributed by atoms with E-state index in [0.717, 1.165) is 19.6 Å². The van der Waals surface area contributed by atoms with Crippen LogP contribution in [0.3, 0.4) is 0 Å². The summed E-state index contributed by atoms with van der Waals surface area (Å²) >= 11 is 0. The Bertz CT molecular complexity index is 791. The van der Waals surface area contributed by atoms with E-state index in [9.17, 15) is 0 Å². The molecule has 0 spiro atoms. The molecule has 182 valence electrons. The predicted molar refractivity (Wildman–Crippen MR) is 115 cm³/mol. The van der Waals surface area contributed by atoms with Crippen LogP contribution in [0.1, 0.15) is 40.0 Å². The molecule has 0 radical (unpaired) electrons. The zero-order valence-electron chi connectivity index (χ0n) is 20.2. The van der Waals surface area contributed by atoms with Gasteiger partial charge < -0.3 is 19.2 Å². The third-order valence-electron chi connectivity index (χ3n) is 3.92. The summed E-state index contributed by atoms with van der Waals surface area (Å²) in [6.07, 6.45) is 22.3. The maximum Gasteiger partial charge on any atom is 0.243 e. The van der Waals surface area contributed by atoms with Crippen molar-refractivity contribution < 1.29 is 32.9 Å². The van der Waals surface area contributed by atoms with Gasteiger partial charge in [-0.05, 0) is 19.3 Å². The maximum absolute atomic E-state index is 8.55. The molecule has 0 amide bonds. The molecule has 0 saturated carbocycles. The van der Waals surface area contributed by atoms with Crippen LogP contribution >= 0.6 is 7.82 Å². The fourth-order valence-electron chi connectivity index (χ4n) is 2.68. The molecule has 0 fully saturated rings. The first-order valence-electron chi connectivity index (χ1n) is 10.7. The summed E-state index contributed by atoms with van der Waals surface area (Å²) in [5.74, 6) is 0. The first-order chi connectivity index (χ1) is 15.0. The average molecular weight is 471 g/mol. The number of imidazole rings is 3. The number of hydrogen-bond donors (Lipinski definition) is 0. The number of phosphoric acid groups is 1. The molecule has 0 aliphatic heterocycles. The van der Waals surface area contributed by atoms with E-state index in [-0.39, 0.29) is 0 Å². The van der Waals surface area contributed by atoms with Gasteiger partial charge in [0.25, 0.3) is 0 Å². The SMILES string of the molecule is CCCn1cc[n+](C)c1.CCCn1cc[n+](C)c1.CCCn1cc[n+](C)c1.O=P([O-])([O-])[O-]. The summed E-state index contributed by atoms with van der Waals surface area (Å²) in [5, 5.41) is 0. The van der Waals surface area contributed by atoms with Crippen molar-refractivity contribution in [2.24, 2.45) is 21.1 Å². The Morgan fingerprint density at radius 1 is 0.625 bits per heavy atom. The lowest BCUT2D eigenvalue weighted by Crippen LogP contribution is -2.24. The molecule has 3 heterocycles. The van der Waals surface area contributed by atoms with Gasteiger partial charge in [-0.1, -0.05) is 20.8 Å². The summed E-state index contributed by atoms with van der Waals surface area (Å²) in [6.45, 7) is 9.92. The van der Waals surface area contributed by atoms with Crippen molar-refractivity contribution in [2.45, 2.75) is 59.7 Å². The van der Waals surface area contributed by atoms with E-state index in [1.54, 1.807) is 0 Å². The molecule has 10 nitrogen and oxygen atoms in total. The van der Waals surface area contributed by atoms with Crippen LogP contribution in [0.25, 0.3) is 0 Å². The Kier molecular flexibility index (Phi) is 15.2. The minimum Gasteiger partial charge on any atom is -0.822 e. The van der Waals surface area contributed by atoms with Crippen LogP contribution in [-0.2, 0) is 45.3 Å². The highest BCUT2D eigenvalue weighted by atomic mass is 31.2. The minimum atomic E-state index is -5.39. The lowest BCUT2D eigenvalue weighted by molar-refractivity contribution is -0.671. The topological polar surface area (TPSA) is 113 Å². The highest BCUT2D eigenvalue weighted by Crippen LogP contribution is 2.03. The second-order valence-corrected chi connectivity index (χ2v) is 8.29. The molecule has 11 heteroatoms. The Balaban J connectivity index is 0.000000410. The summed E-state index contributed by atoms with van der Waals surface area (Å²) in [7, 11) is 0.713. The van der Waals surface area contributed by atoms with Crippen molar-refractivity contribution in [1.29, 1.82) is 0 Å². The molecule has 32 heavy (non-hydrogen) atoms. The number of nitrogens with zero attached hydrogens (tertiary/aromatic N) is 6. The Labute approximate surface area is 191 Å². The molecule has 3 aromatic rings. The van der Waals surface area contributed by atoms with Crippen molar-refractivity contribution in [3.05, 3.63) is 56.2 Å². The zero-order valence-corrected chi connectivity index (χ0v) is 21.1. The molecular weight excluding hydrogens is 431 g/mol. The van der Waals surface area contributed by atoms with Gasteiger partial charge in [0.1, 0.15) is 37.2 Å². The lowest BCUT2D eigenvalue weighted by atomic mass is 10.5. The van der Waals surface area contributed by atoms with Crippen LogP contribution in [0, 0.1) is 0 Å². The van der Waals surface area contributed by atoms with Crippen molar-refractivity contribution >= 4 is 7.82 Å². The van der Waals surface area contributed by atoms with Crippen LogP contribution in [0.2, 0.25) is 0 Å². The summed E-state index contributed by atoms with van der Waals surface area (Å²) in [6, 6.07) is 0. The monoisotopic (exact) mass is 470 g/mol. The number of hydrogen-bond acceptors (Lipinski definition) is 4. The smallest absolute Gasteiger partial charge is 0.243 e. The quantitative estimate of drug-likeness (QED) is 0.352. The highest BCUT2D eigenvalue weighted by Gasteiger charge is 1.96. The number of aryl methyl sites for hydroxylation is 6. The van der Waals surface area contributed by atoms with Gasteiger partial charge in [-0.3, -0.25) is 0 Å². The largest absolute Gasteiger partial charge is 0.822 e. The molecule has 3 aromatic heterocycles. The fourth-order valence-corrected chi connectivity index (χ4v) is 2.68. The van der Waals surface area contributed by atoms with Crippen LogP contribution in [0.4, 0.5) is 0 Å². The zero-order chi connectivity index (χ0) is 24.6. The molecule has 0 aliphatic rings. The van der Waals surface area contributed by atoms with Crippen LogP contribution in [0.15, 0.2) is 56.2 Å². The van der Waals surface area contributed by atoms with Gasteiger partial charge in [0.05, 0.1) is 40.8 Å². The minimum absolute atomic E-state index is 1.13. The van der Waals surface area contributed by atoms with Gasteiger partial charge in [0, 0.05) is 0 Å². The van der Waals surface area contributed by atoms with E-state index in [1.165, 1.54) is 19.3 Å². The Hall–Kier alpha value is -2.26. The predicted octanol–water partition coefficient (Wildman–Crippen LogP) is -0.657. The first kappa shape index (κ1) is 29.7. The molecule has 0 bridgehead atoms. The van der Waals surface area contributed by atoms with Crippen molar-refractivity contribution in [3.8, 4) is 0 Å². The third-order valence-corrected chi connectivity index (χ3v) is 3.92. The highest BCUT2D eigenvalue weighted by molar-refractivity contribution is 7.40. The standard InChI is InChI=1S/3C7H13N2.H3O4P/c3*1-3-4-9-6-5-8(2)7-9;1-5(2,3)4/h3*5-7H,3-4H2,1-2H3;(H3,1,2,3,4)/q3*+1;/p-3. The Morgan fingerprint density at radius 3 is 0.969 bits per heavy atom. The number of aromatic nitrogens is 6. The summed E-state index contributed by atoms with van der Waals surface area (Å²) in [5.41, 5.74) is 0. The second-order valence-electron chi connectivity index (χ2n) is 7.40. The summed E-state index contributed by atoms with van der Waals surface area (Å²) < 4.78 is 21.2. The van der Waals surface area contributed by atoms with E-state index in [1.807, 2.05) is 21.1 Å².